The molecule has 6 unspecified atom stereocenters. The predicted molar refractivity (Wildman–Crippen MR) is 155 cm³/mol. The quantitative estimate of drug-likeness (QED) is 0.261. The van der Waals surface area contributed by atoms with Crippen LogP contribution in [0.5, 0.6) is 0 Å². The molecule has 4 aliphatic rings. The highest BCUT2D eigenvalue weighted by Gasteiger charge is 2.66. The van der Waals surface area contributed by atoms with Gasteiger partial charge in [0.1, 0.15) is 0 Å². The van der Waals surface area contributed by atoms with Crippen LogP contribution in [0.15, 0.2) is 71.6 Å². The molecular weight excluding hydrogens is 502 g/mol. The number of amides is 2. The number of hydrogen-bond acceptors (Lipinski definition) is 4. The minimum absolute atomic E-state index is 0.119. The Hall–Kier alpha value is -3.31. The molecule has 6 atom stereocenters. The van der Waals surface area contributed by atoms with Crippen molar-refractivity contribution >= 4 is 40.2 Å². The first-order valence-electron chi connectivity index (χ1n) is 14.2. The van der Waals surface area contributed by atoms with Gasteiger partial charge in [0.05, 0.1) is 11.6 Å². The molecule has 1 saturated heterocycles. The number of imide groups is 1. The van der Waals surface area contributed by atoms with E-state index in [1.165, 1.54) is 16.2 Å². The Kier molecular flexibility index (Phi) is 5.61. The van der Waals surface area contributed by atoms with E-state index in [2.05, 4.69) is 25.3 Å². The lowest BCUT2D eigenvalue weighted by Crippen LogP contribution is -2.57. The monoisotopic (exact) mass is 535 g/mol. The Balaban J connectivity index is 1.36. The first-order valence-corrected chi connectivity index (χ1v) is 15.1. The second-order valence-electron chi connectivity index (χ2n) is 12.3. The normalized spacial score (nSPS) is 31.5. The molecule has 1 aromatic heterocycles. The summed E-state index contributed by atoms with van der Waals surface area (Å²) in [6.45, 7) is 6.70. The predicted octanol–water partition coefficient (Wildman–Crippen LogP) is 7.29. The summed E-state index contributed by atoms with van der Waals surface area (Å²) in [7, 11) is 0. The second kappa shape index (κ2) is 8.85. The fourth-order valence-electron chi connectivity index (χ4n) is 8.77. The van der Waals surface area contributed by atoms with Gasteiger partial charge >= 0.3 is 0 Å². The molecule has 39 heavy (non-hydrogen) atoms. The topological polar surface area (TPSA) is 54.5 Å². The second-order valence-corrected chi connectivity index (χ2v) is 13.2. The van der Waals surface area contributed by atoms with Crippen molar-refractivity contribution in [2.24, 2.45) is 29.6 Å². The van der Waals surface area contributed by atoms with E-state index in [0.717, 1.165) is 30.4 Å². The van der Waals surface area contributed by atoms with Crippen LogP contribution in [0.3, 0.4) is 0 Å². The number of anilines is 1. The van der Waals surface area contributed by atoms with Crippen molar-refractivity contribution in [3.63, 3.8) is 0 Å². The lowest BCUT2D eigenvalue weighted by atomic mass is 9.45. The first kappa shape index (κ1) is 24.7. The van der Waals surface area contributed by atoms with Crippen molar-refractivity contribution in [1.29, 1.82) is 0 Å². The van der Waals surface area contributed by atoms with Crippen molar-refractivity contribution in [2.75, 3.05) is 4.90 Å². The number of rotatable bonds is 3. The SMILES string of the molecule is CC1=C2C(=O)N(c3cccc(C(=O)c4ccccc4)c3)C(=O)C2C2(c3sccc31)C(C)CC1CC(C)CC2C1. The number of carbonyl (C=O) groups excluding carboxylic acids is 3. The Morgan fingerprint density at radius 2 is 1.69 bits per heavy atom. The van der Waals surface area contributed by atoms with Gasteiger partial charge in [-0.15, -0.1) is 11.3 Å². The third kappa shape index (κ3) is 3.38. The van der Waals surface area contributed by atoms with Gasteiger partial charge < -0.3 is 0 Å². The van der Waals surface area contributed by atoms with Crippen LogP contribution < -0.4 is 4.90 Å². The van der Waals surface area contributed by atoms with Crippen molar-refractivity contribution in [3.05, 3.63) is 93.2 Å². The molecule has 5 heteroatoms. The van der Waals surface area contributed by atoms with E-state index in [4.69, 9.17) is 0 Å². The van der Waals surface area contributed by atoms with Crippen LogP contribution in [0.4, 0.5) is 5.69 Å². The van der Waals surface area contributed by atoms with Crippen LogP contribution in [0, 0.1) is 29.6 Å². The summed E-state index contributed by atoms with van der Waals surface area (Å²) >= 11 is 1.78. The average molecular weight is 536 g/mol. The van der Waals surface area contributed by atoms with Crippen LogP contribution >= 0.6 is 11.3 Å². The Bertz CT molecular complexity index is 1550. The number of benzene rings is 2. The van der Waals surface area contributed by atoms with E-state index in [0.29, 0.717) is 46.1 Å². The van der Waals surface area contributed by atoms with E-state index in [-0.39, 0.29) is 23.0 Å². The third-order valence-electron chi connectivity index (χ3n) is 10.2. The summed E-state index contributed by atoms with van der Waals surface area (Å²) in [6, 6.07) is 18.3. The van der Waals surface area contributed by atoms with E-state index in [9.17, 15) is 14.4 Å². The molecule has 3 aromatic rings. The van der Waals surface area contributed by atoms with Crippen LogP contribution in [-0.4, -0.2) is 17.6 Å². The molecule has 3 aliphatic carbocycles. The van der Waals surface area contributed by atoms with E-state index >= 15 is 0 Å². The molecule has 3 fully saturated rings. The largest absolute Gasteiger partial charge is 0.289 e. The average Bonchev–Trinajstić information content (AvgIpc) is 3.52. The van der Waals surface area contributed by atoms with E-state index in [1.807, 2.05) is 25.1 Å². The first-order chi connectivity index (χ1) is 18.8. The van der Waals surface area contributed by atoms with Crippen molar-refractivity contribution in [1.82, 2.24) is 0 Å². The van der Waals surface area contributed by atoms with Crippen molar-refractivity contribution in [2.45, 2.75) is 51.9 Å². The van der Waals surface area contributed by atoms with Gasteiger partial charge in [-0.05, 0) is 91.0 Å². The van der Waals surface area contributed by atoms with Crippen molar-refractivity contribution in [3.8, 4) is 0 Å². The minimum Gasteiger partial charge on any atom is -0.289 e. The van der Waals surface area contributed by atoms with Gasteiger partial charge in [-0.3, -0.25) is 14.4 Å². The van der Waals surface area contributed by atoms with Gasteiger partial charge in [-0.2, -0.15) is 0 Å². The Morgan fingerprint density at radius 3 is 2.49 bits per heavy atom. The molecule has 2 saturated carbocycles. The third-order valence-corrected chi connectivity index (χ3v) is 11.2. The highest BCUT2D eigenvalue weighted by molar-refractivity contribution is 7.10. The highest BCUT2D eigenvalue weighted by Crippen LogP contribution is 2.66. The lowest BCUT2D eigenvalue weighted by molar-refractivity contribution is -0.126. The molecule has 2 bridgehead atoms. The molecular formula is C34H33NO3S. The Labute approximate surface area is 233 Å². The van der Waals surface area contributed by atoms with Gasteiger partial charge in [0.25, 0.3) is 5.91 Å². The van der Waals surface area contributed by atoms with Gasteiger partial charge in [0.15, 0.2) is 5.78 Å². The number of ketones is 1. The molecule has 2 heterocycles. The molecule has 4 nitrogen and oxygen atoms in total. The standard InChI is InChI=1S/C34H33NO3S/c1-19-14-22-16-20(2)34(25(15-19)17-22)29-28(21(3)27-12-13-39-31(27)34)32(37)35(33(29)38)26-11-7-10-24(18-26)30(36)23-8-5-4-6-9-23/h4-13,18-20,22,25,29H,14-17H2,1-3H3. The van der Waals surface area contributed by atoms with Crippen LogP contribution in [0.1, 0.15) is 72.8 Å². The molecule has 0 N–H and O–H groups in total. The number of allylic oxidation sites excluding steroid dienone is 1. The maximum absolute atomic E-state index is 14.6. The maximum atomic E-state index is 14.6. The molecule has 2 amide bonds. The molecule has 1 spiro atoms. The van der Waals surface area contributed by atoms with Gasteiger partial charge in [-0.1, -0.05) is 56.3 Å². The van der Waals surface area contributed by atoms with Gasteiger partial charge in [0, 0.05) is 27.0 Å². The zero-order chi connectivity index (χ0) is 27.1. The van der Waals surface area contributed by atoms with E-state index in [1.54, 1.807) is 47.7 Å². The minimum atomic E-state index is -0.476. The summed E-state index contributed by atoms with van der Waals surface area (Å²) in [4.78, 5) is 44.8. The van der Waals surface area contributed by atoms with Crippen LogP contribution in [0.25, 0.3) is 5.57 Å². The molecule has 2 aromatic carbocycles. The van der Waals surface area contributed by atoms with Crippen molar-refractivity contribution < 1.29 is 14.4 Å². The summed E-state index contributed by atoms with van der Waals surface area (Å²) in [5, 5.41) is 2.15. The smallest absolute Gasteiger partial charge is 0.262 e. The van der Waals surface area contributed by atoms with Gasteiger partial charge in [-0.25, -0.2) is 4.90 Å². The number of nitrogens with zero attached hydrogens (tertiary/aromatic N) is 1. The summed E-state index contributed by atoms with van der Waals surface area (Å²) in [6.07, 6.45) is 4.60. The zero-order valence-electron chi connectivity index (χ0n) is 22.6. The molecule has 1 aliphatic heterocycles. The highest BCUT2D eigenvalue weighted by atomic mass is 32.1. The molecule has 7 rings (SSSR count). The lowest BCUT2D eigenvalue weighted by Gasteiger charge is -2.58. The molecule has 198 valence electrons. The fourth-order valence-corrected chi connectivity index (χ4v) is 10.2. The molecule has 0 radical (unpaired) electrons. The zero-order valence-corrected chi connectivity index (χ0v) is 23.5. The summed E-state index contributed by atoms with van der Waals surface area (Å²) < 4.78 is 0. The number of fused-ring (bicyclic) bond motifs is 7. The number of carbonyl (C=O) groups is 3. The van der Waals surface area contributed by atoms with E-state index < -0.39 is 5.92 Å². The van der Waals surface area contributed by atoms with Gasteiger partial charge in [0.2, 0.25) is 5.91 Å². The van der Waals surface area contributed by atoms with Crippen LogP contribution in [-0.2, 0) is 15.0 Å². The van der Waals surface area contributed by atoms with Crippen LogP contribution in [0.2, 0.25) is 0 Å². The number of thiophene rings is 1. The fraction of sp³-hybridized carbons (Fsp3) is 0.382. The maximum Gasteiger partial charge on any atom is 0.262 e. The Morgan fingerprint density at radius 1 is 0.923 bits per heavy atom. The summed E-state index contributed by atoms with van der Waals surface area (Å²) in [5.74, 6) is 1.07. The summed E-state index contributed by atoms with van der Waals surface area (Å²) in [5.41, 5.74) is 3.96. The number of hydrogen-bond donors (Lipinski definition) is 0.